The molecule has 32 heavy (non-hydrogen) atoms. The Bertz CT molecular complexity index is 1350. The van der Waals surface area contributed by atoms with E-state index in [0.29, 0.717) is 28.6 Å². The number of ether oxygens (including phenoxy) is 2. The zero-order valence-corrected chi connectivity index (χ0v) is 17.9. The molecule has 0 unspecified atom stereocenters. The van der Waals surface area contributed by atoms with Crippen LogP contribution < -0.4 is 14.6 Å². The van der Waals surface area contributed by atoms with E-state index >= 15 is 0 Å². The van der Waals surface area contributed by atoms with Gasteiger partial charge in [-0.05, 0) is 24.3 Å². The number of rotatable bonds is 7. The summed E-state index contributed by atoms with van der Waals surface area (Å²) in [7, 11) is 1.50. The fraction of sp³-hybridized carbons (Fsp3) is 0.0800. The Morgan fingerprint density at radius 3 is 2.62 bits per heavy atom. The lowest BCUT2D eigenvalue weighted by Gasteiger charge is -2.14. The Morgan fingerprint density at radius 2 is 1.88 bits per heavy atom. The van der Waals surface area contributed by atoms with Crippen molar-refractivity contribution in [2.45, 2.75) is 10.6 Å². The van der Waals surface area contributed by atoms with E-state index in [1.54, 1.807) is 30.6 Å². The van der Waals surface area contributed by atoms with Crippen LogP contribution in [0.1, 0.15) is 21.5 Å². The summed E-state index contributed by atoms with van der Waals surface area (Å²) >= 11 is 1.52. The molecule has 0 fully saturated rings. The molecule has 0 bridgehead atoms. The zero-order chi connectivity index (χ0) is 22.5. The Labute approximate surface area is 189 Å². The van der Waals surface area contributed by atoms with Gasteiger partial charge in [0.15, 0.2) is 5.75 Å². The number of thioether (sulfide) groups is 1. The third-order valence-electron chi connectivity index (χ3n) is 4.88. The summed E-state index contributed by atoms with van der Waals surface area (Å²) in [5.74, 6) is 0.976. The van der Waals surface area contributed by atoms with Gasteiger partial charge < -0.3 is 19.4 Å². The highest BCUT2D eigenvalue weighted by molar-refractivity contribution is 7.98. The molecule has 0 N–H and O–H groups in total. The van der Waals surface area contributed by atoms with E-state index in [0.717, 1.165) is 21.2 Å². The maximum absolute atomic E-state index is 11.1. The lowest BCUT2D eigenvalue weighted by Crippen LogP contribution is -2.22. The van der Waals surface area contributed by atoms with E-state index in [2.05, 4.69) is 11.1 Å². The van der Waals surface area contributed by atoms with Crippen molar-refractivity contribution in [1.29, 1.82) is 5.26 Å². The molecule has 4 aromatic rings. The predicted molar refractivity (Wildman–Crippen MR) is 120 cm³/mol. The molecule has 0 spiro atoms. The first-order valence-corrected chi connectivity index (χ1v) is 10.6. The highest BCUT2D eigenvalue weighted by atomic mass is 32.2. The predicted octanol–water partition coefficient (Wildman–Crippen LogP) is 4.56. The number of carbonyl (C=O) groups is 1. The molecule has 0 aliphatic rings. The molecule has 6 nitrogen and oxygen atoms in total. The molecular weight excluding hydrogens is 424 g/mol. The number of benzene rings is 3. The van der Waals surface area contributed by atoms with Gasteiger partial charge in [0.1, 0.15) is 11.5 Å². The third-order valence-corrected chi connectivity index (χ3v) is 5.98. The number of nitrogens with zero attached hydrogens (tertiary/aromatic N) is 2. The molecule has 4 rings (SSSR count). The largest absolute Gasteiger partial charge is 0.545 e. The average Bonchev–Trinajstić information content (AvgIpc) is 2.83. The first-order chi connectivity index (χ1) is 15.6. The number of carboxylic acid groups (broad SMARTS) is 1. The van der Waals surface area contributed by atoms with Crippen molar-refractivity contribution < 1.29 is 19.4 Å². The Balaban J connectivity index is 1.61. The van der Waals surface area contributed by atoms with Gasteiger partial charge in [-0.3, -0.25) is 4.98 Å². The zero-order valence-electron chi connectivity index (χ0n) is 17.1. The summed E-state index contributed by atoms with van der Waals surface area (Å²) < 4.78 is 11.6. The molecule has 0 aliphatic carbocycles. The van der Waals surface area contributed by atoms with Crippen molar-refractivity contribution >= 4 is 28.5 Å². The van der Waals surface area contributed by atoms with Crippen molar-refractivity contribution in [3.63, 3.8) is 0 Å². The number of nitriles is 1. The van der Waals surface area contributed by atoms with Gasteiger partial charge in [0.25, 0.3) is 0 Å². The fourth-order valence-corrected chi connectivity index (χ4v) is 4.23. The minimum Gasteiger partial charge on any atom is -0.545 e. The number of carboxylic acids is 1. The van der Waals surface area contributed by atoms with Gasteiger partial charge in [0.05, 0.1) is 35.8 Å². The van der Waals surface area contributed by atoms with Crippen LogP contribution in [-0.4, -0.2) is 18.1 Å². The van der Waals surface area contributed by atoms with Crippen molar-refractivity contribution in [2.75, 3.05) is 7.11 Å². The molecule has 1 aromatic heterocycles. The molecule has 0 radical (unpaired) electrons. The number of aromatic carboxylic acids is 1. The lowest BCUT2D eigenvalue weighted by atomic mass is 10.0. The topological polar surface area (TPSA) is 95.3 Å². The van der Waals surface area contributed by atoms with Crippen molar-refractivity contribution in [1.82, 2.24) is 4.98 Å². The van der Waals surface area contributed by atoms with E-state index < -0.39 is 5.97 Å². The van der Waals surface area contributed by atoms with Crippen LogP contribution in [0.15, 0.2) is 78.0 Å². The van der Waals surface area contributed by atoms with Gasteiger partial charge in [-0.2, -0.15) is 5.26 Å². The van der Waals surface area contributed by atoms with Crippen LogP contribution in [0.25, 0.3) is 10.8 Å². The summed E-state index contributed by atoms with van der Waals surface area (Å²) in [6.07, 6.45) is 3.33. The van der Waals surface area contributed by atoms with Crippen LogP contribution in [0, 0.1) is 11.3 Å². The molecule has 3 aromatic carbocycles. The molecule has 0 aliphatic heterocycles. The molecule has 0 saturated carbocycles. The maximum Gasteiger partial charge on any atom is 0.159 e. The van der Waals surface area contributed by atoms with Gasteiger partial charge in [0.2, 0.25) is 0 Å². The van der Waals surface area contributed by atoms with Gasteiger partial charge in [-0.15, -0.1) is 11.8 Å². The number of hydrogen-bond donors (Lipinski definition) is 0. The summed E-state index contributed by atoms with van der Waals surface area (Å²) in [6, 6.07) is 19.9. The van der Waals surface area contributed by atoms with Crippen molar-refractivity contribution in [2.24, 2.45) is 0 Å². The monoisotopic (exact) mass is 441 g/mol. The summed E-state index contributed by atoms with van der Waals surface area (Å²) in [6.45, 7) is 0. The number of aromatic nitrogens is 1. The van der Waals surface area contributed by atoms with Crippen LogP contribution in [0.5, 0.6) is 17.2 Å². The second-order valence-electron chi connectivity index (χ2n) is 6.80. The molecule has 1 heterocycles. The van der Waals surface area contributed by atoms with E-state index in [9.17, 15) is 15.2 Å². The number of carbonyl (C=O) groups excluding carboxylic acids is 1. The maximum atomic E-state index is 11.1. The molecule has 0 saturated heterocycles. The second-order valence-corrected chi connectivity index (χ2v) is 7.81. The van der Waals surface area contributed by atoms with Crippen LogP contribution in [0.4, 0.5) is 0 Å². The van der Waals surface area contributed by atoms with Gasteiger partial charge in [-0.25, -0.2) is 0 Å². The number of hydrogen-bond acceptors (Lipinski definition) is 7. The second kappa shape index (κ2) is 9.41. The summed E-state index contributed by atoms with van der Waals surface area (Å²) in [5.41, 5.74) is 1.49. The Hall–Kier alpha value is -4.02. The molecule has 7 heteroatoms. The van der Waals surface area contributed by atoms with Crippen LogP contribution in [0.2, 0.25) is 0 Å². The lowest BCUT2D eigenvalue weighted by molar-refractivity contribution is -0.255. The smallest absolute Gasteiger partial charge is 0.159 e. The van der Waals surface area contributed by atoms with Crippen LogP contribution >= 0.6 is 11.8 Å². The molecule has 0 amide bonds. The van der Waals surface area contributed by atoms with Crippen LogP contribution in [-0.2, 0) is 5.75 Å². The Morgan fingerprint density at radius 1 is 1.06 bits per heavy atom. The quantitative estimate of drug-likeness (QED) is 0.388. The van der Waals surface area contributed by atoms with Crippen molar-refractivity contribution in [3.8, 4) is 23.3 Å². The SMILES string of the molecule is COc1cc(C(=O)[O-])ccc1CSc1ccncc1Oc1ccc(C#N)c2ccccc12. The minimum absolute atomic E-state index is 0.0660. The van der Waals surface area contributed by atoms with Gasteiger partial charge in [0, 0.05) is 33.8 Å². The molecule has 158 valence electrons. The highest BCUT2D eigenvalue weighted by Crippen LogP contribution is 2.38. The van der Waals surface area contributed by atoms with E-state index in [-0.39, 0.29) is 5.56 Å². The number of fused-ring (bicyclic) bond motifs is 1. The minimum atomic E-state index is -1.25. The normalized spacial score (nSPS) is 10.5. The van der Waals surface area contributed by atoms with E-state index in [1.165, 1.54) is 31.0 Å². The number of methoxy groups -OCH3 is 1. The summed E-state index contributed by atoms with van der Waals surface area (Å²) in [5, 5.41) is 22.1. The highest BCUT2D eigenvalue weighted by Gasteiger charge is 2.12. The Kier molecular flexibility index (Phi) is 6.24. The standard InChI is InChI=1S/C25H18N2O4S/c1-30-22-12-16(25(28)29)6-7-18(22)15-32-24-10-11-27-14-23(24)31-21-9-8-17(13-26)19-4-2-3-5-20(19)21/h2-12,14H,15H2,1H3,(H,28,29)/p-1. The van der Waals surface area contributed by atoms with Crippen LogP contribution in [0.3, 0.4) is 0 Å². The van der Waals surface area contributed by atoms with E-state index in [4.69, 9.17) is 9.47 Å². The number of pyridine rings is 1. The molecule has 0 atom stereocenters. The van der Waals surface area contributed by atoms with Crippen molar-refractivity contribution in [3.05, 3.63) is 89.7 Å². The first kappa shape index (κ1) is 21.2. The van der Waals surface area contributed by atoms with Gasteiger partial charge in [-0.1, -0.05) is 36.4 Å². The average molecular weight is 441 g/mol. The first-order valence-electron chi connectivity index (χ1n) is 9.65. The summed E-state index contributed by atoms with van der Waals surface area (Å²) in [4.78, 5) is 16.1. The third kappa shape index (κ3) is 4.36. The van der Waals surface area contributed by atoms with E-state index in [1.807, 2.05) is 30.3 Å². The molecular formula is C25H17N2O4S-. The fourth-order valence-electron chi connectivity index (χ4n) is 3.29. The van der Waals surface area contributed by atoms with Gasteiger partial charge >= 0.3 is 0 Å².